The normalized spacial score (nSPS) is 17.2. The average Bonchev–Trinajstić information content (AvgIpc) is 2.89. The largest absolute Gasteiger partial charge is 0.370 e. The number of rotatable bonds is 7. The maximum absolute atomic E-state index is 13.7. The Morgan fingerprint density at radius 1 is 1.14 bits per heavy atom. The molecule has 0 radical (unpaired) electrons. The van der Waals surface area contributed by atoms with Gasteiger partial charge in [0.05, 0.1) is 35.6 Å². The molecule has 6 nitrogen and oxygen atoms in total. The van der Waals surface area contributed by atoms with E-state index in [2.05, 4.69) is 13.8 Å². The molecule has 5 rings (SSSR count). The summed E-state index contributed by atoms with van der Waals surface area (Å²) in [6.45, 7) is 4.95. The third-order valence-corrected chi connectivity index (χ3v) is 7.85. The zero-order chi connectivity index (χ0) is 25.3. The lowest BCUT2D eigenvalue weighted by atomic mass is 9.91. The second-order valence-corrected chi connectivity index (χ2v) is 10.6. The molecule has 36 heavy (non-hydrogen) atoms. The van der Waals surface area contributed by atoms with Crippen molar-refractivity contribution in [1.29, 1.82) is 0 Å². The molecule has 0 amide bonds. The van der Waals surface area contributed by atoms with Crippen LogP contribution in [0.25, 0.3) is 11.0 Å². The van der Waals surface area contributed by atoms with Crippen LogP contribution in [0.4, 0.5) is 0 Å². The molecule has 4 aromatic rings. The van der Waals surface area contributed by atoms with Gasteiger partial charge in [-0.3, -0.25) is 14.2 Å². The number of ether oxygens (including phenoxy) is 1. The van der Waals surface area contributed by atoms with Crippen LogP contribution in [0.15, 0.2) is 70.6 Å². The first kappa shape index (κ1) is 24.7. The predicted octanol–water partition coefficient (Wildman–Crippen LogP) is 5.71. The Balaban J connectivity index is 1.55. The van der Waals surface area contributed by atoms with E-state index in [1.807, 2.05) is 36.4 Å². The second-order valence-electron chi connectivity index (χ2n) is 9.22. The number of benzene rings is 2. The van der Waals surface area contributed by atoms with Gasteiger partial charge in [-0.25, -0.2) is 9.97 Å². The molecule has 0 aliphatic carbocycles. The lowest BCUT2D eigenvalue weighted by Crippen LogP contribution is -2.35. The number of hydrogen-bond donors (Lipinski definition) is 0. The second kappa shape index (κ2) is 10.2. The van der Waals surface area contributed by atoms with E-state index in [1.54, 1.807) is 28.8 Å². The van der Waals surface area contributed by atoms with Crippen molar-refractivity contribution >= 4 is 40.2 Å². The molecule has 0 fully saturated rings. The van der Waals surface area contributed by atoms with E-state index in [9.17, 15) is 9.59 Å². The predicted molar refractivity (Wildman–Crippen MR) is 143 cm³/mol. The summed E-state index contributed by atoms with van der Waals surface area (Å²) >= 11 is 7.21. The third-order valence-electron chi connectivity index (χ3n) is 6.63. The molecule has 1 atom stereocenters. The van der Waals surface area contributed by atoms with Crippen LogP contribution in [0.3, 0.4) is 0 Å². The lowest BCUT2D eigenvalue weighted by Gasteiger charge is -2.33. The highest BCUT2D eigenvalue weighted by atomic mass is 35.5. The molecule has 2 aromatic carbocycles. The monoisotopic (exact) mass is 519 g/mol. The Hall–Kier alpha value is -3.00. The summed E-state index contributed by atoms with van der Waals surface area (Å²) in [6, 6.07) is 18.4. The summed E-state index contributed by atoms with van der Waals surface area (Å²) in [5.41, 5.74) is 3.33. The van der Waals surface area contributed by atoms with Gasteiger partial charge in [-0.15, -0.1) is 0 Å². The van der Waals surface area contributed by atoms with E-state index >= 15 is 0 Å². The smallest absolute Gasteiger partial charge is 0.264 e. The fourth-order valence-corrected chi connectivity index (χ4v) is 5.24. The Labute approximate surface area is 218 Å². The number of carbonyl (C=O) groups is 1. The van der Waals surface area contributed by atoms with Gasteiger partial charge >= 0.3 is 0 Å². The van der Waals surface area contributed by atoms with Gasteiger partial charge in [0.1, 0.15) is 0 Å². The van der Waals surface area contributed by atoms with Crippen molar-refractivity contribution in [3.8, 4) is 0 Å². The van der Waals surface area contributed by atoms with Gasteiger partial charge in [-0.1, -0.05) is 60.6 Å². The molecule has 1 aliphatic rings. The fraction of sp³-hybridized carbons (Fsp3) is 0.286. The van der Waals surface area contributed by atoms with Crippen LogP contribution in [0.5, 0.6) is 0 Å². The van der Waals surface area contributed by atoms with Gasteiger partial charge < -0.3 is 4.74 Å². The van der Waals surface area contributed by atoms with Crippen LogP contribution in [0, 0.1) is 0 Å². The first-order chi connectivity index (χ1) is 17.3. The van der Waals surface area contributed by atoms with E-state index < -0.39 is 0 Å². The number of Topliss-reactive ketones (excluding diaryl/α,β-unsaturated/α-hetero) is 1. The van der Waals surface area contributed by atoms with Gasteiger partial charge in [0, 0.05) is 22.6 Å². The van der Waals surface area contributed by atoms with E-state index in [1.165, 1.54) is 11.8 Å². The number of ketones is 1. The van der Waals surface area contributed by atoms with E-state index in [0.29, 0.717) is 46.3 Å². The standard InChI is InChI=1S/C28H26ClN3O3S/c1-3-28(2)14-23-20(16-35-28)13-22-25(30-23)31-27(32(26(22)34)15-18-7-5-4-6-8-18)36-17-24(33)19-9-11-21(29)12-10-19/h4-13H,3,14-17H2,1-2H3/t28-/m0/s1. The van der Waals surface area contributed by atoms with Crippen LogP contribution in [-0.4, -0.2) is 31.7 Å². The molecule has 1 aliphatic heterocycles. The van der Waals surface area contributed by atoms with Crippen molar-refractivity contribution in [2.45, 2.75) is 50.6 Å². The minimum absolute atomic E-state index is 0.0634. The quantitative estimate of drug-likeness (QED) is 0.177. The van der Waals surface area contributed by atoms with Crippen LogP contribution in [0.1, 0.15) is 47.4 Å². The fourth-order valence-electron chi connectivity index (χ4n) is 4.23. The van der Waals surface area contributed by atoms with Gasteiger partial charge in [0.15, 0.2) is 16.6 Å². The van der Waals surface area contributed by atoms with Crippen LogP contribution >= 0.6 is 23.4 Å². The summed E-state index contributed by atoms with van der Waals surface area (Å²) in [5.74, 6) is 0.0765. The zero-order valence-electron chi connectivity index (χ0n) is 20.2. The Morgan fingerprint density at radius 3 is 2.61 bits per heavy atom. The molecule has 184 valence electrons. The van der Waals surface area contributed by atoms with Crippen molar-refractivity contribution in [2.24, 2.45) is 0 Å². The van der Waals surface area contributed by atoms with Crippen LogP contribution in [-0.2, 0) is 24.3 Å². The minimum atomic E-state index is -0.279. The maximum atomic E-state index is 13.7. The molecule has 0 saturated carbocycles. The number of nitrogens with zero attached hydrogens (tertiary/aromatic N) is 3. The number of aromatic nitrogens is 3. The highest BCUT2D eigenvalue weighted by Crippen LogP contribution is 2.31. The Morgan fingerprint density at radius 2 is 1.89 bits per heavy atom. The highest BCUT2D eigenvalue weighted by Gasteiger charge is 2.31. The summed E-state index contributed by atoms with van der Waals surface area (Å²) in [5, 5.41) is 1.50. The van der Waals surface area contributed by atoms with E-state index in [0.717, 1.165) is 23.2 Å². The zero-order valence-corrected chi connectivity index (χ0v) is 21.7. The topological polar surface area (TPSA) is 74.1 Å². The Kier molecular flexibility index (Phi) is 6.97. The van der Waals surface area contributed by atoms with Crippen molar-refractivity contribution in [3.63, 3.8) is 0 Å². The molecule has 0 N–H and O–H groups in total. The number of pyridine rings is 1. The third kappa shape index (κ3) is 5.09. The summed E-state index contributed by atoms with van der Waals surface area (Å²) in [4.78, 5) is 36.1. The van der Waals surface area contributed by atoms with E-state index in [-0.39, 0.29) is 22.7 Å². The number of carbonyl (C=O) groups excluding carboxylic acids is 1. The molecule has 2 aromatic heterocycles. The molecule has 0 spiro atoms. The number of thioether (sulfide) groups is 1. The van der Waals surface area contributed by atoms with E-state index in [4.69, 9.17) is 26.3 Å². The SMILES string of the molecule is CC[C@@]1(C)Cc2nc3nc(SCC(=O)c4ccc(Cl)cc4)n(Cc4ccccc4)c(=O)c3cc2CO1. The van der Waals surface area contributed by atoms with Crippen molar-refractivity contribution in [2.75, 3.05) is 5.75 Å². The molecular weight excluding hydrogens is 494 g/mol. The molecular formula is C28H26ClN3O3S. The van der Waals surface area contributed by atoms with Crippen LogP contribution in [0.2, 0.25) is 5.02 Å². The van der Waals surface area contributed by atoms with Gasteiger partial charge in [-0.05, 0) is 49.2 Å². The summed E-state index contributed by atoms with van der Waals surface area (Å²) < 4.78 is 7.71. The van der Waals surface area contributed by atoms with Crippen molar-refractivity contribution in [3.05, 3.63) is 98.4 Å². The summed E-state index contributed by atoms with van der Waals surface area (Å²) in [6.07, 6.45) is 1.53. The average molecular weight is 520 g/mol. The van der Waals surface area contributed by atoms with Gasteiger partial charge in [0.25, 0.3) is 5.56 Å². The molecule has 0 saturated heterocycles. The number of halogens is 1. The first-order valence-electron chi connectivity index (χ1n) is 11.9. The molecule has 0 bridgehead atoms. The summed E-state index contributed by atoms with van der Waals surface area (Å²) in [7, 11) is 0. The lowest BCUT2D eigenvalue weighted by molar-refractivity contribution is -0.0573. The van der Waals surface area contributed by atoms with Gasteiger partial charge in [-0.2, -0.15) is 0 Å². The molecule has 3 heterocycles. The minimum Gasteiger partial charge on any atom is -0.370 e. The highest BCUT2D eigenvalue weighted by molar-refractivity contribution is 7.99. The van der Waals surface area contributed by atoms with Crippen molar-refractivity contribution in [1.82, 2.24) is 14.5 Å². The van der Waals surface area contributed by atoms with Gasteiger partial charge in [0.2, 0.25) is 0 Å². The molecule has 8 heteroatoms. The maximum Gasteiger partial charge on any atom is 0.264 e. The number of fused-ring (bicyclic) bond motifs is 2. The molecule has 0 unspecified atom stereocenters. The Bertz CT molecular complexity index is 1490. The van der Waals surface area contributed by atoms with Crippen LogP contribution < -0.4 is 5.56 Å². The number of hydrogen-bond acceptors (Lipinski definition) is 6. The van der Waals surface area contributed by atoms with Crippen molar-refractivity contribution < 1.29 is 9.53 Å². The first-order valence-corrected chi connectivity index (χ1v) is 13.2.